The molecule has 0 spiro atoms. The van der Waals surface area contributed by atoms with E-state index < -0.39 is 17.4 Å². The van der Waals surface area contributed by atoms with Crippen LogP contribution in [0.4, 0.5) is 0 Å². The zero-order chi connectivity index (χ0) is 13.1. The fraction of sp³-hybridized carbons (Fsp3) is 0.583. The summed E-state index contributed by atoms with van der Waals surface area (Å²) in [6.45, 7) is 5.34. The van der Waals surface area contributed by atoms with Gasteiger partial charge >= 0.3 is 11.9 Å². The third kappa shape index (κ3) is 2.09. The third-order valence-corrected chi connectivity index (χ3v) is 3.00. The highest BCUT2D eigenvalue weighted by atomic mass is 16.5. The van der Waals surface area contributed by atoms with Gasteiger partial charge in [-0.1, -0.05) is 6.58 Å². The molecule has 17 heavy (non-hydrogen) atoms. The van der Waals surface area contributed by atoms with E-state index in [1.54, 1.807) is 6.92 Å². The van der Waals surface area contributed by atoms with Crippen LogP contribution in [0.3, 0.4) is 0 Å². The summed E-state index contributed by atoms with van der Waals surface area (Å²) in [5, 5.41) is 0. The number of rotatable bonds is 4. The molecule has 0 N–H and O–H groups in total. The van der Waals surface area contributed by atoms with E-state index in [0.29, 0.717) is 6.42 Å². The molecule has 0 aromatic carbocycles. The maximum absolute atomic E-state index is 11.9. The lowest BCUT2D eigenvalue weighted by Gasteiger charge is -2.25. The highest BCUT2D eigenvalue weighted by molar-refractivity contribution is 6.14. The molecule has 94 valence electrons. The zero-order valence-corrected chi connectivity index (χ0v) is 10.1. The van der Waals surface area contributed by atoms with Crippen molar-refractivity contribution in [3.05, 3.63) is 12.2 Å². The van der Waals surface area contributed by atoms with Gasteiger partial charge in [-0.2, -0.15) is 0 Å². The zero-order valence-electron chi connectivity index (χ0n) is 10.1. The predicted octanol–water partition coefficient (Wildman–Crippen LogP) is 1.02. The van der Waals surface area contributed by atoms with Crippen molar-refractivity contribution in [3.8, 4) is 0 Å². The molecule has 1 saturated carbocycles. The average molecular weight is 240 g/mol. The Morgan fingerprint density at radius 3 is 2.53 bits per heavy atom. The Morgan fingerprint density at radius 2 is 2.12 bits per heavy atom. The van der Waals surface area contributed by atoms with Gasteiger partial charge < -0.3 is 9.47 Å². The second-order valence-electron chi connectivity index (χ2n) is 3.87. The highest BCUT2D eigenvalue weighted by Gasteiger charge is 2.54. The fourth-order valence-corrected chi connectivity index (χ4v) is 2.08. The lowest BCUT2D eigenvalue weighted by atomic mass is 9.78. The van der Waals surface area contributed by atoms with Crippen LogP contribution in [0.2, 0.25) is 0 Å². The first-order chi connectivity index (χ1) is 8.00. The minimum atomic E-state index is -1.52. The molecule has 0 unspecified atom stereocenters. The molecule has 0 aromatic rings. The van der Waals surface area contributed by atoms with Gasteiger partial charge in [0.05, 0.1) is 19.3 Å². The number of carbonyl (C=O) groups excluding carboxylic acids is 3. The molecule has 1 aliphatic carbocycles. The van der Waals surface area contributed by atoms with Crippen molar-refractivity contribution in [2.75, 3.05) is 13.7 Å². The van der Waals surface area contributed by atoms with Gasteiger partial charge in [-0.3, -0.25) is 9.59 Å². The van der Waals surface area contributed by atoms with Gasteiger partial charge in [-0.25, -0.2) is 4.79 Å². The fourth-order valence-electron chi connectivity index (χ4n) is 2.08. The molecule has 0 aromatic heterocycles. The number of ether oxygens (including phenoxy) is 2. The SMILES string of the molecule is C=C(C(=O)OC)[C@]1(C(=O)OCC)CCCC1=O. The molecule has 5 heteroatoms. The second kappa shape index (κ2) is 5.12. The lowest BCUT2D eigenvalue weighted by Crippen LogP contribution is -2.41. The molecule has 1 aliphatic rings. The molecular weight excluding hydrogens is 224 g/mol. The molecule has 0 saturated heterocycles. The summed E-state index contributed by atoms with van der Waals surface area (Å²) in [5.74, 6) is -1.75. The van der Waals surface area contributed by atoms with Gasteiger partial charge in [0.25, 0.3) is 0 Å². The van der Waals surface area contributed by atoms with Crippen LogP contribution >= 0.6 is 0 Å². The smallest absolute Gasteiger partial charge is 0.334 e. The van der Waals surface area contributed by atoms with Crippen molar-refractivity contribution in [2.24, 2.45) is 5.41 Å². The van der Waals surface area contributed by atoms with Gasteiger partial charge in [0.15, 0.2) is 11.2 Å². The number of methoxy groups -OCH3 is 1. The number of hydrogen-bond acceptors (Lipinski definition) is 5. The first-order valence-corrected chi connectivity index (χ1v) is 5.49. The number of hydrogen-bond donors (Lipinski definition) is 0. The van der Waals surface area contributed by atoms with Crippen LogP contribution in [0.1, 0.15) is 26.2 Å². The predicted molar refractivity (Wildman–Crippen MR) is 59.1 cm³/mol. The molecule has 1 atom stereocenters. The minimum absolute atomic E-state index is 0.124. The maximum atomic E-state index is 11.9. The van der Waals surface area contributed by atoms with Crippen molar-refractivity contribution in [1.82, 2.24) is 0 Å². The van der Waals surface area contributed by atoms with Crippen molar-refractivity contribution in [3.63, 3.8) is 0 Å². The minimum Gasteiger partial charge on any atom is -0.466 e. The molecule has 0 aliphatic heterocycles. The standard InChI is InChI=1S/C12H16O5/c1-4-17-11(15)12(7-5-6-9(12)13)8(2)10(14)16-3/h2,4-7H2,1,3H3/t12-/m1/s1. The highest BCUT2D eigenvalue weighted by Crippen LogP contribution is 2.42. The van der Waals surface area contributed by atoms with Gasteiger partial charge in [0.1, 0.15) is 0 Å². The number of Topliss-reactive ketones (excluding diaryl/α,β-unsaturated/α-hetero) is 1. The average Bonchev–Trinajstić information content (AvgIpc) is 2.70. The normalized spacial score (nSPS) is 23.3. The summed E-state index contributed by atoms with van der Waals surface area (Å²) >= 11 is 0. The Morgan fingerprint density at radius 1 is 1.47 bits per heavy atom. The van der Waals surface area contributed by atoms with Gasteiger partial charge in [0, 0.05) is 6.42 Å². The molecule has 0 radical (unpaired) electrons. The molecule has 1 rings (SSSR count). The van der Waals surface area contributed by atoms with E-state index >= 15 is 0 Å². The van der Waals surface area contributed by atoms with Crippen molar-refractivity contribution >= 4 is 17.7 Å². The van der Waals surface area contributed by atoms with E-state index in [9.17, 15) is 14.4 Å². The Kier molecular flexibility index (Phi) is 4.04. The van der Waals surface area contributed by atoms with Gasteiger partial charge in [0.2, 0.25) is 0 Å². The molecule has 0 heterocycles. The summed E-state index contributed by atoms with van der Waals surface area (Å²) in [7, 11) is 1.19. The van der Waals surface area contributed by atoms with Crippen LogP contribution in [0.25, 0.3) is 0 Å². The second-order valence-corrected chi connectivity index (χ2v) is 3.87. The van der Waals surface area contributed by atoms with Gasteiger partial charge in [-0.15, -0.1) is 0 Å². The van der Waals surface area contributed by atoms with Crippen molar-refractivity contribution in [2.45, 2.75) is 26.2 Å². The summed E-state index contributed by atoms with van der Waals surface area (Å²) < 4.78 is 9.41. The van der Waals surface area contributed by atoms with Gasteiger partial charge in [-0.05, 0) is 19.8 Å². The molecule has 1 fully saturated rings. The molecule has 0 bridgehead atoms. The Balaban J connectivity index is 3.11. The van der Waals surface area contributed by atoms with Crippen molar-refractivity contribution < 1.29 is 23.9 Å². The Bertz CT molecular complexity index is 371. The first kappa shape index (κ1) is 13.4. The van der Waals surface area contributed by atoms with E-state index in [0.717, 1.165) is 0 Å². The number of ketones is 1. The molecular formula is C12H16O5. The van der Waals surface area contributed by atoms with E-state index in [-0.39, 0.29) is 30.8 Å². The van der Waals surface area contributed by atoms with Crippen molar-refractivity contribution in [1.29, 1.82) is 0 Å². The van der Waals surface area contributed by atoms with E-state index in [4.69, 9.17) is 4.74 Å². The topological polar surface area (TPSA) is 69.7 Å². The van der Waals surface area contributed by atoms with Crippen LogP contribution in [0, 0.1) is 5.41 Å². The quantitative estimate of drug-likeness (QED) is 0.417. The lowest BCUT2D eigenvalue weighted by molar-refractivity contribution is -0.159. The van der Waals surface area contributed by atoms with Crippen LogP contribution in [-0.2, 0) is 23.9 Å². The number of esters is 2. The maximum Gasteiger partial charge on any atom is 0.334 e. The van der Waals surface area contributed by atoms with Crippen LogP contribution in [0.15, 0.2) is 12.2 Å². The third-order valence-electron chi connectivity index (χ3n) is 3.00. The molecule has 5 nitrogen and oxygen atoms in total. The van der Waals surface area contributed by atoms with Crippen LogP contribution in [-0.4, -0.2) is 31.4 Å². The summed E-state index contributed by atoms with van der Waals surface area (Å²) in [5.41, 5.74) is -1.65. The first-order valence-electron chi connectivity index (χ1n) is 5.49. The van der Waals surface area contributed by atoms with Crippen LogP contribution in [0.5, 0.6) is 0 Å². The Hall–Kier alpha value is -1.65. The largest absolute Gasteiger partial charge is 0.466 e. The van der Waals surface area contributed by atoms with E-state index in [1.165, 1.54) is 7.11 Å². The van der Waals surface area contributed by atoms with Crippen LogP contribution < -0.4 is 0 Å². The summed E-state index contributed by atoms with van der Waals surface area (Å²) in [6, 6.07) is 0. The number of carbonyl (C=O) groups is 3. The monoisotopic (exact) mass is 240 g/mol. The van der Waals surface area contributed by atoms with E-state index in [1.807, 2.05) is 0 Å². The molecule has 0 amide bonds. The van der Waals surface area contributed by atoms with E-state index in [2.05, 4.69) is 11.3 Å². The summed E-state index contributed by atoms with van der Waals surface area (Å²) in [6.07, 6.45) is 1.07. The Labute approximate surface area is 99.8 Å². The summed E-state index contributed by atoms with van der Waals surface area (Å²) in [4.78, 5) is 35.3.